The smallest absolute Gasteiger partial charge is 0.456 e. The molecule has 56 valence electrons. The highest BCUT2D eigenvalue weighted by Crippen LogP contribution is 1.59. The second-order valence-electron chi connectivity index (χ2n) is 0.701. The molecule has 8 heteroatoms. The van der Waals surface area contributed by atoms with Crippen molar-refractivity contribution >= 4 is 16.6 Å². The lowest BCUT2D eigenvalue weighted by Crippen LogP contribution is -1.89. The molecule has 0 fully saturated rings. The van der Waals surface area contributed by atoms with Crippen LogP contribution in [0.15, 0.2) is 0 Å². The lowest BCUT2D eigenvalue weighted by molar-refractivity contribution is 0.168. The SMILES string of the molecule is O=C(O)F.O=S(=O)(O)O. The van der Waals surface area contributed by atoms with Crippen molar-refractivity contribution in [3.05, 3.63) is 0 Å². The lowest BCUT2D eigenvalue weighted by atomic mass is 11.5. The van der Waals surface area contributed by atoms with Crippen LogP contribution < -0.4 is 0 Å². The Hall–Kier alpha value is -0.730. The van der Waals surface area contributed by atoms with Crippen molar-refractivity contribution in [3.8, 4) is 0 Å². The zero-order chi connectivity index (χ0) is 8.08. The summed E-state index contributed by atoms with van der Waals surface area (Å²) in [6, 6.07) is 0. The predicted octanol–water partition coefficient (Wildman–Crippen LogP) is -0.0189. The largest absolute Gasteiger partial charge is 0.492 e. The zero-order valence-corrected chi connectivity index (χ0v) is 4.67. The van der Waals surface area contributed by atoms with Crippen LogP contribution in [0.3, 0.4) is 0 Å². The fourth-order valence-corrected chi connectivity index (χ4v) is 0. The molecule has 0 spiro atoms. The molecule has 0 atom stereocenters. The Kier molecular flexibility index (Phi) is 5.16. The highest BCUT2D eigenvalue weighted by molar-refractivity contribution is 7.79. The number of carboxylic acid groups (broad SMARTS) is 1. The minimum Gasteiger partial charge on any atom is -0.456 e. The minimum atomic E-state index is -4.67. The van der Waals surface area contributed by atoms with Crippen molar-refractivity contribution in [2.75, 3.05) is 0 Å². The second kappa shape index (κ2) is 4.18. The Morgan fingerprint density at radius 2 is 1.33 bits per heavy atom. The van der Waals surface area contributed by atoms with E-state index < -0.39 is 16.6 Å². The molecule has 0 bridgehead atoms. The molecule has 0 aliphatic rings. The van der Waals surface area contributed by atoms with Crippen molar-refractivity contribution in [1.29, 1.82) is 0 Å². The molecular weight excluding hydrogens is 159 g/mol. The summed E-state index contributed by atoms with van der Waals surface area (Å²) in [7, 11) is -4.67. The summed E-state index contributed by atoms with van der Waals surface area (Å²) in [5.74, 6) is 0. The van der Waals surface area contributed by atoms with Gasteiger partial charge < -0.3 is 5.11 Å². The van der Waals surface area contributed by atoms with Crippen LogP contribution in [0, 0.1) is 0 Å². The van der Waals surface area contributed by atoms with Gasteiger partial charge >= 0.3 is 16.6 Å². The number of halogens is 1. The molecular formula is CH3FO6S. The molecule has 0 rings (SSSR count). The van der Waals surface area contributed by atoms with Crippen LogP contribution in [-0.2, 0) is 10.4 Å². The summed E-state index contributed by atoms with van der Waals surface area (Å²) in [4.78, 5) is 8.33. The average Bonchev–Trinajstić information content (AvgIpc) is 1.19. The number of hydrogen-bond donors (Lipinski definition) is 3. The van der Waals surface area contributed by atoms with Gasteiger partial charge in [0.2, 0.25) is 0 Å². The van der Waals surface area contributed by atoms with Gasteiger partial charge in [-0.15, -0.1) is 4.39 Å². The molecule has 0 aromatic carbocycles. The Morgan fingerprint density at radius 3 is 1.33 bits per heavy atom. The monoisotopic (exact) mass is 162 g/mol. The molecule has 0 amide bonds. The topological polar surface area (TPSA) is 112 Å². The molecule has 0 aliphatic carbocycles. The molecule has 6 nitrogen and oxygen atoms in total. The average molecular weight is 162 g/mol. The first-order valence-electron chi connectivity index (χ1n) is 1.32. The third-order valence-corrected chi connectivity index (χ3v) is 0. The molecule has 0 aliphatic heterocycles. The van der Waals surface area contributed by atoms with Crippen molar-refractivity contribution < 1.29 is 31.8 Å². The van der Waals surface area contributed by atoms with Crippen LogP contribution in [0.1, 0.15) is 0 Å². The van der Waals surface area contributed by atoms with Crippen LogP contribution >= 0.6 is 0 Å². The summed E-state index contributed by atoms with van der Waals surface area (Å²) < 4.78 is 41.5. The van der Waals surface area contributed by atoms with E-state index in [-0.39, 0.29) is 0 Å². The van der Waals surface area contributed by atoms with Gasteiger partial charge in [-0.25, -0.2) is 4.79 Å². The Morgan fingerprint density at radius 1 is 1.33 bits per heavy atom. The van der Waals surface area contributed by atoms with Crippen LogP contribution in [0.5, 0.6) is 0 Å². The standard InChI is InChI=1S/CHFO2.H2O4S/c2-1(3)4;1-5(2,3)4/h(H,3,4);(H2,1,2,3,4). The van der Waals surface area contributed by atoms with E-state index in [2.05, 4.69) is 0 Å². The number of hydrogen-bond acceptors (Lipinski definition) is 3. The highest BCUT2D eigenvalue weighted by Gasteiger charge is 1.84. The highest BCUT2D eigenvalue weighted by atomic mass is 32.3. The maximum atomic E-state index is 9.92. The van der Waals surface area contributed by atoms with E-state index in [1.165, 1.54) is 0 Å². The van der Waals surface area contributed by atoms with Gasteiger partial charge in [0.25, 0.3) is 0 Å². The van der Waals surface area contributed by atoms with E-state index in [9.17, 15) is 4.39 Å². The molecule has 0 aromatic heterocycles. The summed E-state index contributed by atoms with van der Waals surface area (Å²) in [5, 5.41) is 6.75. The molecule has 9 heavy (non-hydrogen) atoms. The van der Waals surface area contributed by atoms with Gasteiger partial charge in [0.05, 0.1) is 0 Å². The summed E-state index contributed by atoms with van der Waals surface area (Å²) in [6.07, 6.45) is -2.33. The van der Waals surface area contributed by atoms with Gasteiger partial charge in [0.15, 0.2) is 0 Å². The summed E-state index contributed by atoms with van der Waals surface area (Å²) >= 11 is 0. The van der Waals surface area contributed by atoms with Gasteiger partial charge in [0, 0.05) is 0 Å². The Bertz CT molecular complexity index is 155. The lowest BCUT2D eigenvalue weighted by Gasteiger charge is -1.68. The van der Waals surface area contributed by atoms with Crippen molar-refractivity contribution in [2.45, 2.75) is 0 Å². The first-order valence-corrected chi connectivity index (χ1v) is 2.71. The maximum Gasteiger partial charge on any atom is 0.492 e. The summed E-state index contributed by atoms with van der Waals surface area (Å²) in [6.45, 7) is 0. The Labute approximate surface area is 49.5 Å². The van der Waals surface area contributed by atoms with Gasteiger partial charge in [-0.3, -0.25) is 9.11 Å². The van der Waals surface area contributed by atoms with Crippen LogP contribution in [0.2, 0.25) is 0 Å². The third-order valence-electron chi connectivity index (χ3n) is 0. The Balaban J connectivity index is 0. The van der Waals surface area contributed by atoms with E-state index in [1.54, 1.807) is 0 Å². The van der Waals surface area contributed by atoms with Crippen LogP contribution in [-0.4, -0.2) is 28.9 Å². The van der Waals surface area contributed by atoms with E-state index >= 15 is 0 Å². The molecule has 0 unspecified atom stereocenters. The first kappa shape index (κ1) is 11.1. The fraction of sp³-hybridized carbons (Fsp3) is 0. The fourth-order valence-electron chi connectivity index (χ4n) is 0. The van der Waals surface area contributed by atoms with E-state index in [0.29, 0.717) is 0 Å². The molecule has 0 saturated carbocycles. The molecule has 3 N–H and O–H groups in total. The van der Waals surface area contributed by atoms with Crippen LogP contribution in [0.4, 0.5) is 9.18 Å². The molecule has 0 heterocycles. The predicted molar refractivity (Wildman–Crippen MR) is 23.3 cm³/mol. The molecule has 0 radical (unpaired) electrons. The van der Waals surface area contributed by atoms with Gasteiger partial charge in [-0.2, -0.15) is 8.42 Å². The van der Waals surface area contributed by atoms with Crippen LogP contribution in [0.25, 0.3) is 0 Å². The number of carbonyl (C=O) groups is 1. The van der Waals surface area contributed by atoms with E-state index in [0.717, 1.165) is 0 Å². The molecule has 0 saturated heterocycles. The molecule has 0 aromatic rings. The van der Waals surface area contributed by atoms with Gasteiger partial charge in [-0.05, 0) is 0 Å². The van der Waals surface area contributed by atoms with Crippen molar-refractivity contribution in [3.63, 3.8) is 0 Å². The first-order chi connectivity index (χ1) is 3.73. The maximum absolute atomic E-state index is 9.92. The minimum absolute atomic E-state index is 2.33. The van der Waals surface area contributed by atoms with E-state index in [4.69, 9.17) is 27.4 Å². The van der Waals surface area contributed by atoms with E-state index in [1.807, 2.05) is 0 Å². The zero-order valence-electron chi connectivity index (χ0n) is 3.85. The quantitative estimate of drug-likeness (QED) is 0.341. The third kappa shape index (κ3) is 379. The van der Waals surface area contributed by atoms with Gasteiger partial charge in [0.1, 0.15) is 0 Å². The normalized spacial score (nSPS) is 9.22. The summed E-state index contributed by atoms with van der Waals surface area (Å²) in [5.41, 5.74) is 0. The number of rotatable bonds is 0. The second-order valence-corrected chi connectivity index (χ2v) is 1.60. The van der Waals surface area contributed by atoms with Crippen molar-refractivity contribution in [1.82, 2.24) is 0 Å². The van der Waals surface area contributed by atoms with Gasteiger partial charge in [-0.1, -0.05) is 0 Å². The van der Waals surface area contributed by atoms with Crippen molar-refractivity contribution in [2.24, 2.45) is 0 Å².